The topological polar surface area (TPSA) is 81.7 Å². The maximum atomic E-state index is 13.9. The molecule has 1 aliphatic heterocycles. The molecular weight excluding hydrogens is 596 g/mol. The number of hydrogen-bond donors (Lipinski definition) is 0. The van der Waals surface area contributed by atoms with Crippen LogP contribution in [0.3, 0.4) is 0 Å². The summed E-state index contributed by atoms with van der Waals surface area (Å²) in [6.45, 7) is 4.21. The summed E-state index contributed by atoms with van der Waals surface area (Å²) in [6.07, 6.45) is 9.86. The lowest BCUT2D eigenvalue weighted by Gasteiger charge is -2.43. The number of ketones is 1. The van der Waals surface area contributed by atoms with Gasteiger partial charge in [-0.3, -0.25) is 4.79 Å². The van der Waals surface area contributed by atoms with Crippen molar-refractivity contribution in [2.75, 3.05) is 4.90 Å². The van der Waals surface area contributed by atoms with Crippen LogP contribution in [0, 0.1) is 15.3 Å². The van der Waals surface area contributed by atoms with Gasteiger partial charge >= 0.3 is 0 Å². The smallest absolute Gasteiger partial charge is 0.195 e. The van der Waals surface area contributed by atoms with Crippen molar-refractivity contribution >= 4 is 56.8 Å². The highest BCUT2D eigenvalue weighted by molar-refractivity contribution is 14.1. The predicted octanol–water partition coefficient (Wildman–Crippen LogP) is 5.62. The number of rotatable bonds is 5. The Kier molecular flexibility index (Phi) is 5.98. The van der Waals surface area contributed by atoms with Gasteiger partial charge in [0.15, 0.2) is 11.6 Å². The van der Waals surface area contributed by atoms with E-state index in [9.17, 15) is 9.18 Å². The van der Waals surface area contributed by atoms with Crippen molar-refractivity contribution in [1.29, 1.82) is 0 Å². The fourth-order valence-electron chi connectivity index (χ4n) is 5.46. The zero-order valence-electron chi connectivity index (χ0n) is 19.8. The van der Waals surface area contributed by atoms with Crippen molar-refractivity contribution in [3.8, 4) is 5.82 Å². The average molecular weight is 620 g/mol. The second-order valence-corrected chi connectivity index (χ2v) is 11.3. The second kappa shape index (κ2) is 9.05. The summed E-state index contributed by atoms with van der Waals surface area (Å²) < 4.78 is 16.5. The number of aromatic nitrogens is 6. The van der Waals surface area contributed by atoms with Crippen molar-refractivity contribution < 1.29 is 9.18 Å². The van der Waals surface area contributed by atoms with Gasteiger partial charge in [-0.2, -0.15) is 10.2 Å². The molecule has 0 aromatic carbocycles. The van der Waals surface area contributed by atoms with E-state index < -0.39 is 0 Å². The molecule has 0 amide bonds. The Morgan fingerprint density at radius 1 is 1.11 bits per heavy atom. The van der Waals surface area contributed by atoms with Gasteiger partial charge in [0.2, 0.25) is 0 Å². The van der Waals surface area contributed by atoms with Crippen LogP contribution in [0.4, 0.5) is 10.2 Å². The van der Waals surface area contributed by atoms with Crippen LogP contribution in [-0.2, 0) is 0 Å². The second-order valence-electron chi connectivity index (χ2n) is 9.76. The van der Waals surface area contributed by atoms with Gasteiger partial charge in [0.1, 0.15) is 17.3 Å². The molecule has 11 heteroatoms. The summed E-state index contributed by atoms with van der Waals surface area (Å²) in [5, 5.41) is 9.51. The summed E-state index contributed by atoms with van der Waals surface area (Å²) in [6, 6.07) is 3.81. The van der Waals surface area contributed by atoms with E-state index in [1.807, 2.05) is 12.3 Å². The number of pyridine rings is 2. The van der Waals surface area contributed by atoms with Crippen LogP contribution >= 0.6 is 34.2 Å². The minimum absolute atomic E-state index is 0.0742. The largest absolute Gasteiger partial charge is 0.350 e. The van der Waals surface area contributed by atoms with Gasteiger partial charge in [-0.1, -0.05) is 11.6 Å². The van der Waals surface area contributed by atoms with Gasteiger partial charge in [0.05, 0.1) is 27.2 Å². The first-order valence-electron chi connectivity index (χ1n) is 12.0. The van der Waals surface area contributed by atoms with Crippen LogP contribution in [-0.4, -0.2) is 47.4 Å². The van der Waals surface area contributed by atoms with Crippen molar-refractivity contribution in [1.82, 2.24) is 29.5 Å². The fourth-order valence-corrected chi connectivity index (χ4v) is 6.40. The Morgan fingerprint density at radius 2 is 1.81 bits per heavy atom. The molecular formula is C25H24ClFIN7O. The highest BCUT2D eigenvalue weighted by Gasteiger charge is 2.38. The number of carbonyl (C=O) groups excluding carboxylic acids is 1. The van der Waals surface area contributed by atoms with E-state index >= 15 is 0 Å². The normalized spacial score (nSPS) is 22.4. The summed E-state index contributed by atoms with van der Waals surface area (Å²) in [7, 11) is 0. The average Bonchev–Trinajstić information content (AvgIpc) is 3.40. The molecule has 0 N–H and O–H groups in total. The van der Waals surface area contributed by atoms with Crippen LogP contribution in [0.2, 0.25) is 5.02 Å². The first kappa shape index (κ1) is 23.8. The van der Waals surface area contributed by atoms with Crippen molar-refractivity contribution in [3.63, 3.8) is 0 Å². The molecule has 0 radical (unpaired) electrons. The number of anilines is 1. The highest BCUT2D eigenvalue weighted by Crippen LogP contribution is 2.41. The van der Waals surface area contributed by atoms with E-state index in [1.165, 1.54) is 17.1 Å². The SMILES string of the molecule is C[C@@H]1CC(C(=O)c2cn(C3CC3)c3nc(-n4nccn4)c(Cl)cc23)C[C@@H](C)N1c1ncc(F)cc1I. The van der Waals surface area contributed by atoms with Crippen LogP contribution in [0.1, 0.15) is 55.9 Å². The van der Waals surface area contributed by atoms with Gasteiger partial charge < -0.3 is 9.47 Å². The summed E-state index contributed by atoms with van der Waals surface area (Å²) in [4.78, 5) is 26.7. The molecule has 0 bridgehead atoms. The lowest BCUT2D eigenvalue weighted by atomic mass is 9.82. The molecule has 2 atom stereocenters. The van der Waals surface area contributed by atoms with E-state index in [4.69, 9.17) is 16.6 Å². The van der Waals surface area contributed by atoms with Gasteiger partial charge in [0.25, 0.3) is 0 Å². The molecule has 4 aromatic heterocycles. The van der Waals surface area contributed by atoms with Crippen molar-refractivity contribution in [2.45, 2.75) is 57.7 Å². The first-order chi connectivity index (χ1) is 17.3. The van der Waals surface area contributed by atoms with Gasteiger partial charge in [0, 0.05) is 41.2 Å². The molecule has 186 valence electrons. The van der Waals surface area contributed by atoms with E-state index in [2.05, 4.69) is 61.1 Å². The zero-order chi connectivity index (χ0) is 25.1. The summed E-state index contributed by atoms with van der Waals surface area (Å²) in [5.74, 6) is 0.838. The maximum Gasteiger partial charge on any atom is 0.195 e. The number of piperidine rings is 1. The van der Waals surface area contributed by atoms with Crippen molar-refractivity contribution in [3.05, 3.63) is 56.9 Å². The number of hydrogen-bond acceptors (Lipinski definition) is 6. The number of halogens is 3. The molecule has 1 aliphatic carbocycles. The standard InChI is InChI=1S/C25H24ClFIN7O/c1-13-7-15(8-14(2)34(13)25-21(28)9-16(27)11-29-25)22(36)19-12-33(17-3-4-17)23-18(19)10-20(26)24(32-23)35-30-5-6-31-35/h5-6,9-15,17H,3-4,7-8H2,1-2H3/t13-,14-/m1/s1. The number of nitrogens with zero attached hydrogens (tertiary/aromatic N) is 7. The number of fused-ring (bicyclic) bond motifs is 1. The third kappa shape index (κ3) is 4.07. The molecule has 8 nitrogen and oxygen atoms in total. The van der Waals surface area contributed by atoms with E-state index in [-0.39, 0.29) is 29.6 Å². The molecule has 4 aromatic rings. The monoisotopic (exact) mass is 619 g/mol. The van der Waals surface area contributed by atoms with Gasteiger partial charge in [-0.15, -0.1) is 4.80 Å². The summed E-state index contributed by atoms with van der Waals surface area (Å²) >= 11 is 8.72. The van der Waals surface area contributed by atoms with Gasteiger partial charge in [-0.25, -0.2) is 14.4 Å². The van der Waals surface area contributed by atoms with E-state index in [0.717, 1.165) is 33.3 Å². The predicted molar refractivity (Wildman–Crippen MR) is 143 cm³/mol. The highest BCUT2D eigenvalue weighted by atomic mass is 127. The minimum atomic E-state index is -0.348. The Morgan fingerprint density at radius 3 is 2.44 bits per heavy atom. The first-order valence-corrected chi connectivity index (χ1v) is 13.5. The van der Waals surface area contributed by atoms with Crippen molar-refractivity contribution in [2.24, 2.45) is 5.92 Å². The Bertz CT molecular complexity index is 1460. The molecule has 2 fully saturated rings. The molecule has 0 spiro atoms. The molecule has 36 heavy (non-hydrogen) atoms. The number of carbonyl (C=O) groups is 1. The Balaban J connectivity index is 1.34. The van der Waals surface area contributed by atoms with Crippen LogP contribution < -0.4 is 4.90 Å². The number of Topliss-reactive ketones (excluding diaryl/α,β-unsaturated/α-hetero) is 1. The Hall–Kier alpha value is -2.60. The lowest BCUT2D eigenvalue weighted by Crippen LogP contribution is -2.49. The quantitative estimate of drug-likeness (QED) is 0.213. The molecule has 5 heterocycles. The third-order valence-corrected chi connectivity index (χ3v) is 8.23. The third-order valence-electron chi connectivity index (χ3n) is 7.16. The molecule has 1 saturated carbocycles. The van der Waals surface area contributed by atoms with Crippen LogP contribution in [0.25, 0.3) is 16.9 Å². The Labute approximate surface area is 226 Å². The molecule has 0 unspecified atom stereocenters. The zero-order valence-corrected chi connectivity index (χ0v) is 22.7. The van der Waals surface area contributed by atoms with Crippen LogP contribution in [0.15, 0.2) is 36.9 Å². The summed E-state index contributed by atoms with van der Waals surface area (Å²) in [5.41, 5.74) is 1.40. The van der Waals surface area contributed by atoms with Gasteiger partial charge in [-0.05, 0) is 74.3 Å². The molecule has 1 saturated heterocycles. The van der Waals surface area contributed by atoms with E-state index in [0.29, 0.717) is 35.3 Å². The minimum Gasteiger partial charge on any atom is -0.350 e. The lowest BCUT2D eigenvalue weighted by molar-refractivity contribution is 0.0878. The molecule has 2 aliphatic rings. The van der Waals surface area contributed by atoms with Crippen LogP contribution in [0.5, 0.6) is 0 Å². The maximum absolute atomic E-state index is 13.9. The molecule has 6 rings (SSSR count). The fraction of sp³-hybridized carbons (Fsp3) is 0.400. The van der Waals surface area contributed by atoms with E-state index in [1.54, 1.807) is 12.4 Å².